The largest absolute Gasteiger partial charge is 0.254 e. The van der Waals surface area contributed by atoms with Gasteiger partial charge in [0.15, 0.2) is 0 Å². The number of rotatable bonds is 4. The molecule has 2 rings (SSSR count). The lowest BCUT2D eigenvalue weighted by Crippen LogP contribution is -1.94. The van der Waals surface area contributed by atoms with Crippen molar-refractivity contribution in [2.24, 2.45) is 0 Å². The van der Waals surface area contributed by atoms with Crippen molar-refractivity contribution in [2.75, 3.05) is 5.75 Å². The lowest BCUT2D eigenvalue weighted by Gasteiger charge is -1.99. The summed E-state index contributed by atoms with van der Waals surface area (Å²) < 4.78 is 12.0. The highest BCUT2D eigenvalue weighted by Crippen LogP contribution is 2.09. The first-order valence-electron chi connectivity index (χ1n) is 5.92. The molecule has 0 amide bonds. The summed E-state index contributed by atoms with van der Waals surface area (Å²) in [5, 5.41) is 0. The summed E-state index contributed by atoms with van der Waals surface area (Å²) in [6.45, 7) is 2.03. The monoisotopic (exact) mass is 256 g/mol. The van der Waals surface area contributed by atoms with Crippen LogP contribution in [0.1, 0.15) is 11.1 Å². The lowest BCUT2D eigenvalue weighted by molar-refractivity contribution is 0.685. The van der Waals surface area contributed by atoms with Gasteiger partial charge in [-0.2, -0.15) is 0 Å². The molecule has 0 aromatic heterocycles. The quantitative estimate of drug-likeness (QED) is 0.813. The lowest BCUT2D eigenvalue weighted by atomic mass is 10.2. The minimum Gasteiger partial charge on any atom is -0.254 e. The fourth-order valence-corrected chi connectivity index (χ4v) is 2.53. The van der Waals surface area contributed by atoms with Crippen LogP contribution in [-0.4, -0.2) is 9.96 Å². The summed E-state index contributed by atoms with van der Waals surface area (Å²) in [6, 6.07) is 17.9. The summed E-state index contributed by atoms with van der Waals surface area (Å²) in [5.41, 5.74) is 2.33. The van der Waals surface area contributed by atoms with Gasteiger partial charge in [0, 0.05) is 10.6 Å². The van der Waals surface area contributed by atoms with Crippen molar-refractivity contribution in [3.05, 3.63) is 71.8 Å². The molecule has 0 heterocycles. The van der Waals surface area contributed by atoms with Crippen LogP contribution in [0.5, 0.6) is 0 Å². The Balaban J connectivity index is 1.96. The third-order valence-electron chi connectivity index (χ3n) is 2.64. The average Bonchev–Trinajstić information content (AvgIpc) is 2.40. The number of aryl methyl sites for hydroxylation is 1. The van der Waals surface area contributed by atoms with Crippen LogP contribution in [0.15, 0.2) is 65.6 Å². The van der Waals surface area contributed by atoms with Crippen LogP contribution in [0.2, 0.25) is 0 Å². The average molecular weight is 256 g/mol. The van der Waals surface area contributed by atoms with Gasteiger partial charge in [-0.25, -0.2) is 0 Å². The van der Waals surface area contributed by atoms with Crippen molar-refractivity contribution in [1.29, 1.82) is 0 Å². The highest BCUT2D eigenvalue weighted by molar-refractivity contribution is 7.85. The molecule has 1 nitrogen and oxygen atoms in total. The Hall–Kier alpha value is -1.67. The van der Waals surface area contributed by atoms with Crippen molar-refractivity contribution in [3.63, 3.8) is 0 Å². The zero-order valence-electron chi connectivity index (χ0n) is 10.4. The van der Waals surface area contributed by atoms with E-state index in [0.29, 0.717) is 5.75 Å². The maximum absolute atomic E-state index is 12.0. The molecule has 0 fully saturated rings. The molecule has 0 aliphatic rings. The molecular weight excluding hydrogens is 240 g/mol. The third kappa shape index (κ3) is 3.67. The maximum Gasteiger partial charge on any atom is 0.0568 e. The molecule has 0 saturated carbocycles. The maximum atomic E-state index is 12.0. The Kier molecular flexibility index (Phi) is 4.48. The van der Waals surface area contributed by atoms with E-state index >= 15 is 0 Å². The first kappa shape index (κ1) is 12.8. The van der Waals surface area contributed by atoms with E-state index < -0.39 is 10.8 Å². The summed E-state index contributed by atoms with van der Waals surface area (Å²) in [4.78, 5) is 0.887. The highest BCUT2D eigenvalue weighted by atomic mass is 32.2. The Bertz CT molecular complexity index is 541. The van der Waals surface area contributed by atoms with E-state index in [1.807, 2.05) is 73.7 Å². The Morgan fingerprint density at radius 1 is 1.00 bits per heavy atom. The Morgan fingerprint density at radius 2 is 1.67 bits per heavy atom. The topological polar surface area (TPSA) is 17.1 Å². The Morgan fingerprint density at radius 3 is 2.33 bits per heavy atom. The van der Waals surface area contributed by atoms with Gasteiger partial charge in [0.1, 0.15) is 0 Å². The molecule has 1 unspecified atom stereocenters. The predicted octanol–water partition coefficient (Wildman–Crippen LogP) is 3.82. The third-order valence-corrected chi connectivity index (χ3v) is 3.93. The van der Waals surface area contributed by atoms with Gasteiger partial charge in [-0.05, 0) is 24.6 Å². The van der Waals surface area contributed by atoms with E-state index in [1.165, 1.54) is 5.56 Å². The van der Waals surface area contributed by atoms with Gasteiger partial charge in [0.2, 0.25) is 0 Å². The molecule has 0 saturated heterocycles. The summed E-state index contributed by atoms with van der Waals surface area (Å²) in [7, 11) is -0.952. The SMILES string of the molecule is Cc1ccc(S(=O)C/C=C/c2ccccc2)cc1. The zero-order valence-corrected chi connectivity index (χ0v) is 11.2. The van der Waals surface area contributed by atoms with Crippen LogP contribution in [-0.2, 0) is 10.8 Å². The van der Waals surface area contributed by atoms with Crippen LogP contribution >= 0.6 is 0 Å². The fourth-order valence-electron chi connectivity index (χ4n) is 1.62. The van der Waals surface area contributed by atoms with Gasteiger partial charge in [-0.15, -0.1) is 0 Å². The number of benzene rings is 2. The van der Waals surface area contributed by atoms with Crippen molar-refractivity contribution >= 4 is 16.9 Å². The van der Waals surface area contributed by atoms with Crippen molar-refractivity contribution in [2.45, 2.75) is 11.8 Å². The van der Waals surface area contributed by atoms with Gasteiger partial charge in [0.25, 0.3) is 0 Å². The second-order valence-electron chi connectivity index (χ2n) is 4.14. The van der Waals surface area contributed by atoms with E-state index in [9.17, 15) is 4.21 Å². The normalized spacial score (nSPS) is 12.7. The smallest absolute Gasteiger partial charge is 0.0568 e. The minimum atomic E-state index is -0.952. The van der Waals surface area contributed by atoms with Crippen LogP contribution in [0, 0.1) is 6.92 Å². The van der Waals surface area contributed by atoms with Crippen LogP contribution in [0.4, 0.5) is 0 Å². The molecule has 2 aromatic carbocycles. The van der Waals surface area contributed by atoms with E-state index in [1.54, 1.807) is 0 Å². The summed E-state index contributed by atoms with van der Waals surface area (Å²) in [5.74, 6) is 0.554. The molecule has 0 spiro atoms. The van der Waals surface area contributed by atoms with E-state index in [2.05, 4.69) is 0 Å². The molecule has 92 valence electrons. The molecule has 1 atom stereocenters. The summed E-state index contributed by atoms with van der Waals surface area (Å²) >= 11 is 0. The van der Waals surface area contributed by atoms with Gasteiger partial charge in [-0.1, -0.05) is 60.2 Å². The molecule has 18 heavy (non-hydrogen) atoms. The van der Waals surface area contributed by atoms with Gasteiger partial charge >= 0.3 is 0 Å². The molecule has 0 radical (unpaired) electrons. The zero-order chi connectivity index (χ0) is 12.8. The molecule has 0 aliphatic carbocycles. The highest BCUT2D eigenvalue weighted by Gasteiger charge is 2.00. The standard InChI is InChI=1S/C16H16OS/c1-14-9-11-16(12-10-14)18(17)13-5-8-15-6-3-2-4-7-15/h2-12H,13H2,1H3/b8-5+. The molecule has 0 N–H and O–H groups in total. The van der Waals surface area contributed by atoms with Crippen molar-refractivity contribution in [3.8, 4) is 0 Å². The van der Waals surface area contributed by atoms with E-state index in [-0.39, 0.29) is 0 Å². The second-order valence-corrected chi connectivity index (χ2v) is 5.63. The first-order valence-corrected chi connectivity index (χ1v) is 7.24. The molecule has 0 bridgehead atoms. The van der Waals surface area contributed by atoms with Gasteiger partial charge in [0.05, 0.1) is 10.8 Å². The predicted molar refractivity (Wildman–Crippen MR) is 77.9 cm³/mol. The molecule has 0 aliphatic heterocycles. The fraction of sp³-hybridized carbons (Fsp3) is 0.125. The van der Waals surface area contributed by atoms with Crippen LogP contribution in [0.25, 0.3) is 6.08 Å². The number of hydrogen-bond acceptors (Lipinski definition) is 1. The van der Waals surface area contributed by atoms with Crippen molar-refractivity contribution < 1.29 is 4.21 Å². The summed E-state index contributed by atoms with van der Waals surface area (Å²) in [6.07, 6.45) is 3.97. The molecular formula is C16H16OS. The van der Waals surface area contributed by atoms with E-state index in [0.717, 1.165) is 10.5 Å². The van der Waals surface area contributed by atoms with Crippen molar-refractivity contribution in [1.82, 2.24) is 0 Å². The Labute approximate surface area is 111 Å². The first-order chi connectivity index (χ1) is 8.75. The second kappa shape index (κ2) is 6.31. The minimum absolute atomic E-state index is 0.554. The van der Waals surface area contributed by atoms with Crippen LogP contribution < -0.4 is 0 Å². The van der Waals surface area contributed by atoms with Crippen LogP contribution in [0.3, 0.4) is 0 Å². The molecule has 2 aromatic rings. The molecule has 2 heteroatoms. The number of hydrogen-bond donors (Lipinski definition) is 0. The van der Waals surface area contributed by atoms with E-state index in [4.69, 9.17) is 0 Å². The van der Waals surface area contributed by atoms with Gasteiger partial charge < -0.3 is 0 Å². The van der Waals surface area contributed by atoms with Gasteiger partial charge in [-0.3, -0.25) is 4.21 Å².